The Morgan fingerprint density at radius 1 is 0.909 bits per heavy atom. The lowest BCUT2D eigenvalue weighted by Gasteiger charge is -2.23. The van der Waals surface area contributed by atoms with Gasteiger partial charge in [-0.2, -0.15) is 0 Å². The molecule has 1 N–H and O–H groups in total. The van der Waals surface area contributed by atoms with Gasteiger partial charge in [0, 0.05) is 17.1 Å². The van der Waals surface area contributed by atoms with Crippen molar-refractivity contribution in [3.05, 3.63) is 100 Å². The third kappa shape index (κ3) is 7.07. The lowest BCUT2D eigenvalue weighted by molar-refractivity contribution is 0.0954. The van der Waals surface area contributed by atoms with Crippen LogP contribution in [0.5, 0.6) is 0 Å². The maximum Gasteiger partial charge on any atom is 0.251 e. The molecule has 3 aromatic rings. The van der Waals surface area contributed by atoms with Gasteiger partial charge in [-0.15, -0.1) is 0 Å². The van der Waals surface area contributed by atoms with E-state index in [9.17, 15) is 13.2 Å². The molecule has 3 rings (SSSR count). The first-order chi connectivity index (χ1) is 15.6. The second kappa shape index (κ2) is 10.9. The SMILES string of the molecule is CC(C)c1ccc(N(Cc2ccc(C(=O)NCCc3ccc(Cl)cc3)cc2)S(C)(=O)=O)cc1. The highest BCUT2D eigenvalue weighted by Crippen LogP contribution is 2.24. The lowest BCUT2D eigenvalue weighted by Crippen LogP contribution is -2.29. The van der Waals surface area contributed by atoms with Crippen LogP contribution in [-0.4, -0.2) is 27.1 Å². The highest BCUT2D eigenvalue weighted by molar-refractivity contribution is 7.92. The lowest BCUT2D eigenvalue weighted by atomic mass is 10.0. The zero-order chi connectivity index (χ0) is 24.0. The number of rotatable bonds is 9. The van der Waals surface area contributed by atoms with E-state index in [2.05, 4.69) is 19.2 Å². The maximum absolute atomic E-state index is 12.5. The molecule has 7 heteroatoms. The number of nitrogens with zero attached hydrogens (tertiary/aromatic N) is 1. The molecule has 0 atom stereocenters. The fourth-order valence-corrected chi connectivity index (χ4v) is 4.44. The van der Waals surface area contributed by atoms with Gasteiger partial charge in [0.05, 0.1) is 18.5 Å². The largest absolute Gasteiger partial charge is 0.352 e. The molecule has 174 valence electrons. The van der Waals surface area contributed by atoms with E-state index in [0.29, 0.717) is 35.2 Å². The summed E-state index contributed by atoms with van der Waals surface area (Å²) >= 11 is 5.89. The second-order valence-electron chi connectivity index (χ2n) is 8.35. The van der Waals surface area contributed by atoms with Crippen molar-refractivity contribution in [2.24, 2.45) is 0 Å². The van der Waals surface area contributed by atoms with Crippen LogP contribution in [0.2, 0.25) is 5.02 Å². The molecule has 0 aromatic heterocycles. The number of halogens is 1. The van der Waals surface area contributed by atoms with Gasteiger partial charge in [-0.1, -0.05) is 61.8 Å². The van der Waals surface area contributed by atoms with Crippen molar-refractivity contribution in [3.63, 3.8) is 0 Å². The Hall–Kier alpha value is -2.83. The molecule has 0 saturated carbocycles. The number of sulfonamides is 1. The molecule has 5 nitrogen and oxygen atoms in total. The van der Waals surface area contributed by atoms with Crippen LogP contribution in [0.25, 0.3) is 0 Å². The number of nitrogens with one attached hydrogen (secondary N) is 1. The van der Waals surface area contributed by atoms with Crippen molar-refractivity contribution < 1.29 is 13.2 Å². The molecule has 0 aliphatic rings. The van der Waals surface area contributed by atoms with E-state index >= 15 is 0 Å². The third-order valence-electron chi connectivity index (χ3n) is 5.40. The van der Waals surface area contributed by atoms with Crippen LogP contribution in [0, 0.1) is 0 Å². The predicted molar refractivity (Wildman–Crippen MR) is 135 cm³/mol. The van der Waals surface area contributed by atoms with E-state index in [1.54, 1.807) is 24.3 Å². The molecule has 0 bridgehead atoms. The first kappa shape index (κ1) is 24.8. The van der Waals surface area contributed by atoms with Crippen LogP contribution >= 0.6 is 11.6 Å². The number of hydrogen-bond donors (Lipinski definition) is 1. The van der Waals surface area contributed by atoms with E-state index in [-0.39, 0.29) is 12.5 Å². The van der Waals surface area contributed by atoms with Crippen LogP contribution in [0.4, 0.5) is 5.69 Å². The van der Waals surface area contributed by atoms with E-state index in [1.165, 1.54) is 10.6 Å². The van der Waals surface area contributed by atoms with Crippen molar-refractivity contribution in [2.75, 3.05) is 17.1 Å². The molecular weight excluding hydrogens is 456 g/mol. The molecule has 1 amide bonds. The summed E-state index contributed by atoms with van der Waals surface area (Å²) in [6, 6.07) is 22.1. The van der Waals surface area contributed by atoms with Gasteiger partial charge >= 0.3 is 0 Å². The summed E-state index contributed by atoms with van der Waals surface area (Å²) in [6.45, 7) is 4.90. The smallest absolute Gasteiger partial charge is 0.251 e. The van der Waals surface area contributed by atoms with Gasteiger partial charge in [-0.25, -0.2) is 8.42 Å². The van der Waals surface area contributed by atoms with Gasteiger partial charge in [-0.05, 0) is 65.4 Å². The molecule has 33 heavy (non-hydrogen) atoms. The van der Waals surface area contributed by atoms with Crippen molar-refractivity contribution in [1.29, 1.82) is 0 Å². The Labute approximate surface area is 201 Å². The van der Waals surface area contributed by atoms with Crippen molar-refractivity contribution in [2.45, 2.75) is 32.7 Å². The first-order valence-corrected chi connectivity index (χ1v) is 13.1. The van der Waals surface area contributed by atoms with Gasteiger partial charge in [0.15, 0.2) is 0 Å². The van der Waals surface area contributed by atoms with Crippen molar-refractivity contribution in [3.8, 4) is 0 Å². The summed E-state index contributed by atoms with van der Waals surface area (Å²) in [5.41, 5.74) is 4.19. The van der Waals surface area contributed by atoms with E-state index in [0.717, 1.165) is 16.7 Å². The fraction of sp³-hybridized carbons (Fsp3) is 0.269. The van der Waals surface area contributed by atoms with Gasteiger partial charge in [0.25, 0.3) is 5.91 Å². The van der Waals surface area contributed by atoms with Gasteiger partial charge in [0.2, 0.25) is 10.0 Å². The Kier molecular flexibility index (Phi) is 8.16. The summed E-state index contributed by atoms with van der Waals surface area (Å²) in [4.78, 5) is 12.5. The molecule has 0 unspecified atom stereocenters. The monoisotopic (exact) mass is 484 g/mol. The summed E-state index contributed by atoms with van der Waals surface area (Å²) in [5, 5.41) is 3.59. The average Bonchev–Trinajstić information content (AvgIpc) is 2.78. The van der Waals surface area contributed by atoms with Crippen molar-refractivity contribution >= 4 is 33.2 Å². The highest BCUT2D eigenvalue weighted by Gasteiger charge is 2.18. The molecule has 0 heterocycles. The first-order valence-electron chi connectivity index (χ1n) is 10.8. The van der Waals surface area contributed by atoms with Crippen LogP contribution in [0.1, 0.15) is 46.8 Å². The molecule has 0 aliphatic carbocycles. The minimum absolute atomic E-state index is 0.167. The number of carbonyl (C=O) groups excluding carboxylic acids is 1. The Morgan fingerprint density at radius 2 is 1.48 bits per heavy atom. The number of anilines is 1. The Balaban J connectivity index is 1.63. The Morgan fingerprint density at radius 3 is 2.03 bits per heavy atom. The number of hydrogen-bond acceptors (Lipinski definition) is 3. The normalized spacial score (nSPS) is 11.4. The standard InChI is InChI=1S/C26H29ClN2O3S/c1-19(2)22-10-14-25(15-11-22)29(33(3,31)32)18-21-4-8-23(9-5-21)26(30)28-17-16-20-6-12-24(27)13-7-20/h4-15,19H,16-18H2,1-3H3,(H,28,30). The molecule has 0 spiro atoms. The summed E-state index contributed by atoms with van der Waals surface area (Å²) in [5.74, 6) is 0.204. The van der Waals surface area contributed by atoms with Crippen LogP contribution in [0.3, 0.4) is 0 Å². The molecule has 0 aliphatic heterocycles. The van der Waals surface area contributed by atoms with Crippen molar-refractivity contribution in [1.82, 2.24) is 5.32 Å². The van der Waals surface area contributed by atoms with Crippen LogP contribution in [0.15, 0.2) is 72.8 Å². The molecule has 0 saturated heterocycles. The fourth-order valence-electron chi connectivity index (χ4n) is 3.43. The number of amides is 1. The van der Waals surface area contributed by atoms with Gasteiger partial charge in [0.1, 0.15) is 0 Å². The van der Waals surface area contributed by atoms with E-state index in [4.69, 9.17) is 11.6 Å². The van der Waals surface area contributed by atoms with Gasteiger partial charge < -0.3 is 5.32 Å². The number of carbonyl (C=O) groups is 1. The third-order valence-corrected chi connectivity index (χ3v) is 6.80. The van der Waals surface area contributed by atoms with E-state index in [1.807, 2.05) is 48.5 Å². The molecule has 0 radical (unpaired) electrons. The summed E-state index contributed by atoms with van der Waals surface area (Å²) < 4.78 is 26.3. The molecular formula is C26H29ClN2O3S. The Bertz CT molecular complexity index is 1170. The minimum atomic E-state index is -3.47. The van der Waals surface area contributed by atoms with Crippen LogP contribution in [-0.2, 0) is 23.0 Å². The van der Waals surface area contributed by atoms with Crippen LogP contribution < -0.4 is 9.62 Å². The van der Waals surface area contributed by atoms with E-state index < -0.39 is 10.0 Å². The quantitative estimate of drug-likeness (QED) is 0.442. The predicted octanol–water partition coefficient (Wildman–Crippen LogP) is 5.40. The topological polar surface area (TPSA) is 66.5 Å². The van der Waals surface area contributed by atoms with Gasteiger partial charge in [-0.3, -0.25) is 9.10 Å². The average molecular weight is 485 g/mol. The molecule has 0 fully saturated rings. The second-order valence-corrected chi connectivity index (χ2v) is 10.7. The highest BCUT2D eigenvalue weighted by atomic mass is 35.5. The minimum Gasteiger partial charge on any atom is -0.352 e. The molecule has 3 aromatic carbocycles. The summed E-state index contributed by atoms with van der Waals surface area (Å²) in [7, 11) is -3.47. The maximum atomic E-state index is 12.5. The summed E-state index contributed by atoms with van der Waals surface area (Å²) in [6.07, 6.45) is 1.91. The zero-order valence-electron chi connectivity index (χ0n) is 19.1. The number of benzene rings is 3. The zero-order valence-corrected chi connectivity index (χ0v) is 20.7.